The predicted molar refractivity (Wildman–Crippen MR) is 106 cm³/mol. The first-order chi connectivity index (χ1) is 12.1. The maximum atomic E-state index is 6.22. The Balaban J connectivity index is 1.64. The van der Waals surface area contributed by atoms with Crippen LogP contribution in [0.4, 0.5) is 23.0 Å². The van der Waals surface area contributed by atoms with Gasteiger partial charge in [0.25, 0.3) is 0 Å². The summed E-state index contributed by atoms with van der Waals surface area (Å²) < 4.78 is 0. The Morgan fingerprint density at radius 1 is 1.20 bits per heavy atom. The number of aromatic nitrogens is 2. The fourth-order valence-electron chi connectivity index (χ4n) is 2.92. The number of halogens is 1. The van der Waals surface area contributed by atoms with Crippen LogP contribution in [-0.2, 0) is 0 Å². The summed E-state index contributed by atoms with van der Waals surface area (Å²) in [6.07, 6.45) is 9.93. The van der Waals surface area contributed by atoms with Crippen molar-refractivity contribution in [3.05, 3.63) is 46.8 Å². The standard InChI is InChI=1S/C19H24ClN5/c1-13-7-8-15(11-16(13)20)25-19-17(21)18(23-12-24-19)22-10-9-14-5-3-2-4-6-14/h5,7-8,11-12H,2-4,6,9-10,21H2,1H3,(H2,22,23,24,25). The van der Waals surface area contributed by atoms with Gasteiger partial charge in [-0.2, -0.15) is 0 Å². The van der Waals surface area contributed by atoms with Crippen molar-refractivity contribution in [1.29, 1.82) is 0 Å². The van der Waals surface area contributed by atoms with Crippen molar-refractivity contribution in [1.82, 2.24) is 9.97 Å². The molecule has 0 saturated carbocycles. The molecule has 25 heavy (non-hydrogen) atoms. The fourth-order valence-corrected chi connectivity index (χ4v) is 3.10. The van der Waals surface area contributed by atoms with Crippen molar-refractivity contribution in [3.63, 3.8) is 0 Å². The van der Waals surface area contributed by atoms with Crippen molar-refractivity contribution in [2.75, 3.05) is 22.9 Å². The highest BCUT2D eigenvalue weighted by Crippen LogP contribution is 2.28. The Hall–Kier alpha value is -2.27. The van der Waals surface area contributed by atoms with Crippen LogP contribution in [0, 0.1) is 6.92 Å². The lowest BCUT2D eigenvalue weighted by Crippen LogP contribution is -2.10. The molecular formula is C19H24ClN5. The van der Waals surface area contributed by atoms with E-state index in [0.717, 1.165) is 24.2 Å². The van der Waals surface area contributed by atoms with Crippen LogP contribution in [0.2, 0.25) is 5.02 Å². The van der Waals surface area contributed by atoms with Gasteiger partial charge >= 0.3 is 0 Å². The first-order valence-corrected chi connectivity index (χ1v) is 9.06. The molecule has 1 aromatic heterocycles. The molecule has 0 radical (unpaired) electrons. The molecule has 0 aliphatic heterocycles. The Morgan fingerprint density at radius 3 is 2.80 bits per heavy atom. The van der Waals surface area contributed by atoms with Crippen LogP contribution in [-0.4, -0.2) is 16.5 Å². The Morgan fingerprint density at radius 2 is 2.04 bits per heavy atom. The Bertz CT molecular complexity index is 772. The number of hydrogen-bond donors (Lipinski definition) is 3. The summed E-state index contributed by atoms with van der Waals surface area (Å²) >= 11 is 6.17. The van der Waals surface area contributed by atoms with Crippen LogP contribution in [0.25, 0.3) is 0 Å². The van der Waals surface area contributed by atoms with Crippen LogP contribution in [0.15, 0.2) is 36.2 Å². The molecule has 1 aliphatic carbocycles. The molecule has 0 spiro atoms. The summed E-state index contributed by atoms with van der Waals surface area (Å²) in [6, 6.07) is 5.77. The minimum absolute atomic E-state index is 0.511. The van der Waals surface area contributed by atoms with Gasteiger partial charge in [-0.1, -0.05) is 29.3 Å². The van der Waals surface area contributed by atoms with Gasteiger partial charge in [0.15, 0.2) is 11.6 Å². The first-order valence-electron chi connectivity index (χ1n) is 8.69. The summed E-state index contributed by atoms with van der Waals surface area (Å²) in [5.74, 6) is 1.24. The average Bonchev–Trinajstić information content (AvgIpc) is 2.62. The molecule has 6 heteroatoms. The maximum absolute atomic E-state index is 6.22. The average molecular weight is 358 g/mol. The van der Waals surface area contributed by atoms with E-state index in [2.05, 4.69) is 26.7 Å². The van der Waals surface area contributed by atoms with Crippen molar-refractivity contribution >= 4 is 34.6 Å². The maximum Gasteiger partial charge on any atom is 0.159 e. The van der Waals surface area contributed by atoms with Gasteiger partial charge in [-0.05, 0) is 56.7 Å². The second kappa shape index (κ2) is 8.21. The zero-order chi connectivity index (χ0) is 17.6. The molecule has 0 bridgehead atoms. The summed E-state index contributed by atoms with van der Waals surface area (Å²) in [7, 11) is 0. The molecule has 0 saturated heterocycles. The SMILES string of the molecule is Cc1ccc(Nc2ncnc(NCCC3=CCCCC3)c2N)cc1Cl. The van der Waals surface area contributed by atoms with Crippen LogP contribution in [0.5, 0.6) is 0 Å². The number of hydrogen-bond acceptors (Lipinski definition) is 5. The second-order valence-electron chi connectivity index (χ2n) is 6.36. The van der Waals surface area contributed by atoms with Crippen molar-refractivity contribution in [3.8, 4) is 0 Å². The lowest BCUT2D eigenvalue weighted by atomic mass is 9.97. The summed E-state index contributed by atoms with van der Waals surface area (Å²) in [4.78, 5) is 8.50. The Labute approximate surface area is 153 Å². The molecule has 0 unspecified atom stereocenters. The number of aryl methyl sites for hydroxylation is 1. The van der Waals surface area contributed by atoms with Crippen molar-refractivity contribution in [2.24, 2.45) is 0 Å². The minimum atomic E-state index is 0.511. The van der Waals surface area contributed by atoms with Crippen LogP contribution in [0.1, 0.15) is 37.7 Å². The van der Waals surface area contributed by atoms with Gasteiger partial charge in [-0.3, -0.25) is 0 Å². The van der Waals surface area contributed by atoms with Gasteiger partial charge < -0.3 is 16.4 Å². The number of nitrogens with two attached hydrogens (primary N) is 1. The van der Waals surface area contributed by atoms with E-state index in [1.54, 1.807) is 0 Å². The van der Waals surface area contributed by atoms with Gasteiger partial charge in [0.05, 0.1) is 0 Å². The number of nitrogens with one attached hydrogen (secondary N) is 2. The third kappa shape index (κ3) is 4.63. The monoisotopic (exact) mass is 357 g/mol. The summed E-state index contributed by atoms with van der Waals surface area (Å²) in [6.45, 7) is 2.79. The minimum Gasteiger partial charge on any atom is -0.393 e. The molecule has 1 aliphatic rings. The normalized spacial score (nSPS) is 14.1. The van der Waals surface area contributed by atoms with E-state index in [1.807, 2.05) is 25.1 Å². The van der Waals surface area contributed by atoms with Gasteiger partial charge in [-0.15, -0.1) is 0 Å². The van der Waals surface area contributed by atoms with E-state index in [1.165, 1.54) is 37.6 Å². The summed E-state index contributed by atoms with van der Waals surface area (Å²) in [5.41, 5.74) is 10.1. The largest absolute Gasteiger partial charge is 0.393 e. The van der Waals surface area contributed by atoms with Crippen molar-refractivity contribution in [2.45, 2.75) is 39.0 Å². The molecule has 0 fully saturated rings. The van der Waals surface area contributed by atoms with Crippen LogP contribution < -0.4 is 16.4 Å². The third-order valence-corrected chi connectivity index (χ3v) is 4.85. The second-order valence-corrected chi connectivity index (χ2v) is 6.77. The van der Waals surface area contributed by atoms with Crippen molar-refractivity contribution < 1.29 is 0 Å². The predicted octanol–water partition coefficient (Wildman–Crippen LogP) is 5.07. The third-order valence-electron chi connectivity index (χ3n) is 4.44. The van der Waals surface area contributed by atoms with Crippen LogP contribution in [0.3, 0.4) is 0 Å². The van der Waals surface area contributed by atoms with Gasteiger partial charge in [0.2, 0.25) is 0 Å². The molecule has 4 N–H and O–H groups in total. The van der Waals surface area contributed by atoms with E-state index in [-0.39, 0.29) is 0 Å². The van der Waals surface area contributed by atoms with E-state index in [0.29, 0.717) is 22.3 Å². The molecule has 132 valence electrons. The van der Waals surface area contributed by atoms with Gasteiger partial charge in [0.1, 0.15) is 12.0 Å². The molecular weight excluding hydrogens is 334 g/mol. The van der Waals surface area contributed by atoms with E-state index >= 15 is 0 Å². The number of benzene rings is 1. The highest BCUT2D eigenvalue weighted by Gasteiger charge is 2.09. The molecule has 2 aromatic rings. The first kappa shape index (κ1) is 17.5. The quantitative estimate of drug-likeness (QED) is 0.629. The fraction of sp³-hybridized carbons (Fsp3) is 0.368. The summed E-state index contributed by atoms with van der Waals surface area (Å²) in [5, 5.41) is 7.24. The molecule has 3 rings (SSSR count). The van der Waals surface area contributed by atoms with Gasteiger partial charge in [-0.25, -0.2) is 9.97 Å². The van der Waals surface area contributed by atoms with Gasteiger partial charge in [0, 0.05) is 17.3 Å². The lowest BCUT2D eigenvalue weighted by molar-refractivity contribution is 0.679. The highest BCUT2D eigenvalue weighted by atomic mass is 35.5. The zero-order valence-corrected chi connectivity index (χ0v) is 15.2. The van der Waals surface area contributed by atoms with E-state index in [9.17, 15) is 0 Å². The number of nitrogens with zero attached hydrogens (tertiary/aromatic N) is 2. The molecule has 0 amide bonds. The lowest BCUT2D eigenvalue weighted by Gasteiger charge is -2.15. The smallest absolute Gasteiger partial charge is 0.159 e. The Kier molecular flexibility index (Phi) is 5.76. The number of anilines is 4. The molecule has 1 heterocycles. The topological polar surface area (TPSA) is 75.9 Å². The molecule has 1 aromatic carbocycles. The van der Waals surface area contributed by atoms with E-state index < -0.39 is 0 Å². The number of nitrogen functional groups attached to an aromatic ring is 1. The number of allylic oxidation sites excluding steroid dienone is 1. The highest BCUT2D eigenvalue weighted by molar-refractivity contribution is 6.31. The zero-order valence-electron chi connectivity index (χ0n) is 14.5. The number of rotatable bonds is 6. The molecule has 5 nitrogen and oxygen atoms in total. The van der Waals surface area contributed by atoms with E-state index in [4.69, 9.17) is 17.3 Å². The van der Waals surface area contributed by atoms with Crippen LogP contribution >= 0.6 is 11.6 Å². The molecule has 0 atom stereocenters.